The van der Waals surface area contributed by atoms with Crippen LogP contribution < -0.4 is 4.74 Å². The Kier molecular flexibility index (Phi) is 5.11. The molecule has 1 fully saturated rings. The van der Waals surface area contributed by atoms with E-state index in [4.69, 9.17) is 10.00 Å². The summed E-state index contributed by atoms with van der Waals surface area (Å²) in [5.41, 5.74) is 0.628. The van der Waals surface area contributed by atoms with Gasteiger partial charge in [0.1, 0.15) is 24.0 Å². The molecule has 0 radical (unpaired) electrons. The van der Waals surface area contributed by atoms with Crippen LogP contribution in [0.4, 0.5) is 0 Å². The number of nitrogens with zero attached hydrogens (tertiary/aromatic N) is 5. The smallest absolute Gasteiger partial charge is 0.147 e. The van der Waals surface area contributed by atoms with Crippen molar-refractivity contribution in [3.8, 4) is 11.8 Å². The maximum absolute atomic E-state index is 8.93. The Bertz CT molecular complexity index is 733. The third kappa shape index (κ3) is 3.92. The molecule has 6 nitrogen and oxygen atoms in total. The maximum Gasteiger partial charge on any atom is 0.147 e. The minimum atomic E-state index is 0.485. The van der Waals surface area contributed by atoms with E-state index in [1.807, 2.05) is 30.7 Å². The van der Waals surface area contributed by atoms with Crippen LogP contribution in [0.15, 0.2) is 24.3 Å². The quantitative estimate of drug-likeness (QED) is 0.815. The van der Waals surface area contributed by atoms with Gasteiger partial charge in [0.05, 0.1) is 18.2 Å². The van der Waals surface area contributed by atoms with Crippen molar-refractivity contribution >= 4 is 0 Å². The van der Waals surface area contributed by atoms with Gasteiger partial charge in [0, 0.05) is 12.6 Å². The van der Waals surface area contributed by atoms with Crippen LogP contribution in [-0.2, 0) is 6.54 Å². The average Bonchev–Trinajstić information content (AvgIpc) is 3.14. The predicted molar refractivity (Wildman–Crippen MR) is 90.7 cm³/mol. The molecule has 0 saturated carbocycles. The summed E-state index contributed by atoms with van der Waals surface area (Å²) in [6.45, 7) is 7.42. The van der Waals surface area contributed by atoms with E-state index < -0.39 is 0 Å². The van der Waals surface area contributed by atoms with Gasteiger partial charge in [-0.2, -0.15) is 10.4 Å². The van der Waals surface area contributed by atoms with E-state index >= 15 is 0 Å². The van der Waals surface area contributed by atoms with Crippen molar-refractivity contribution in [2.45, 2.75) is 39.3 Å². The maximum atomic E-state index is 8.93. The second-order valence-corrected chi connectivity index (χ2v) is 6.21. The molecule has 24 heavy (non-hydrogen) atoms. The molecule has 6 heteroatoms. The minimum absolute atomic E-state index is 0.485. The van der Waals surface area contributed by atoms with Gasteiger partial charge in [0.2, 0.25) is 0 Å². The highest BCUT2D eigenvalue weighted by molar-refractivity contribution is 5.36. The first-order valence-corrected chi connectivity index (χ1v) is 8.41. The van der Waals surface area contributed by atoms with E-state index in [1.54, 1.807) is 12.1 Å². The molecule has 126 valence electrons. The summed E-state index contributed by atoms with van der Waals surface area (Å²) in [4.78, 5) is 6.84. The number of rotatable bonds is 6. The van der Waals surface area contributed by atoms with E-state index in [2.05, 4.69) is 21.1 Å². The molecule has 1 aliphatic heterocycles. The second kappa shape index (κ2) is 7.45. The molecule has 0 spiro atoms. The highest BCUT2D eigenvalue weighted by Gasteiger charge is 2.25. The molecule has 1 aromatic carbocycles. The number of nitriles is 1. The first-order chi connectivity index (χ1) is 11.7. The van der Waals surface area contributed by atoms with Crippen LogP contribution in [-0.4, -0.2) is 45.4 Å². The molecule has 1 atom stereocenters. The van der Waals surface area contributed by atoms with Gasteiger partial charge >= 0.3 is 0 Å². The van der Waals surface area contributed by atoms with E-state index in [0.717, 1.165) is 37.0 Å². The molecule has 0 N–H and O–H groups in total. The number of hydrogen-bond donors (Lipinski definition) is 0. The SMILES string of the molecule is Cc1nc(C)n(C[C@@H]2CCCN2CCOc2cccc(C#N)c2)n1. The zero-order valence-electron chi connectivity index (χ0n) is 14.3. The minimum Gasteiger partial charge on any atom is -0.492 e. The summed E-state index contributed by atoms with van der Waals surface area (Å²) >= 11 is 0. The van der Waals surface area contributed by atoms with Crippen molar-refractivity contribution in [2.24, 2.45) is 0 Å². The topological polar surface area (TPSA) is 67.0 Å². The number of benzene rings is 1. The van der Waals surface area contributed by atoms with Crippen LogP contribution in [0, 0.1) is 25.2 Å². The first-order valence-electron chi connectivity index (χ1n) is 8.41. The van der Waals surface area contributed by atoms with Gasteiger partial charge in [0.25, 0.3) is 0 Å². The van der Waals surface area contributed by atoms with Crippen LogP contribution in [0.1, 0.15) is 30.1 Å². The van der Waals surface area contributed by atoms with Crippen molar-refractivity contribution in [3.05, 3.63) is 41.5 Å². The first kappa shape index (κ1) is 16.5. The largest absolute Gasteiger partial charge is 0.492 e. The Labute approximate surface area is 142 Å². The fraction of sp³-hybridized carbons (Fsp3) is 0.500. The Balaban J connectivity index is 1.52. The Morgan fingerprint density at radius 2 is 2.25 bits per heavy atom. The van der Waals surface area contributed by atoms with Crippen molar-refractivity contribution in [2.75, 3.05) is 19.7 Å². The van der Waals surface area contributed by atoms with E-state index in [0.29, 0.717) is 18.2 Å². The van der Waals surface area contributed by atoms with Gasteiger partial charge in [-0.3, -0.25) is 4.90 Å². The van der Waals surface area contributed by atoms with Crippen molar-refractivity contribution in [3.63, 3.8) is 0 Å². The van der Waals surface area contributed by atoms with Crippen LogP contribution in [0.5, 0.6) is 5.75 Å². The van der Waals surface area contributed by atoms with Crippen molar-refractivity contribution < 1.29 is 4.74 Å². The normalized spacial score (nSPS) is 17.8. The fourth-order valence-electron chi connectivity index (χ4n) is 3.27. The molecule has 0 amide bonds. The average molecular weight is 325 g/mol. The number of aryl methyl sites for hydroxylation is 2. The molecule has 3 rings (SSSR count). The Morgan fingerprint density at radius 3 is 3.00 bits per heavy atom. The number of likely N-dealkylation sites (tertiary alicyclic amines) is 1. The highest BCUT2D eigenvalue weighted by atomic mass is 16.5. The lowest BCUT2D eigenvalue weighted by Crippen LogP contribution is -2.36. The second-order valence-electron chi connectivity index (χ2n) is 6.21. The molecule has 2 aromatic rings. The monoisotopic (exact) mass is 325 g/mol. The summed E-state index contributed by atoms with van der Waals surface area (Å²) in [6, 6.07) is 9.93. The van der Waals surface area contributed by atoms with Gasteiger partial charge in [0.15, 0.2) is 0 Å². The number of ether oxygens (including phenoxy) is 1. The molecule has 0 bridgehead atoms. The Hall–Kier alpha value is -2.39. The molecule has 1 aromatic heterocycles. The third-order valence-corrected chi connectivity index (χ3v) is 4.46. The van der Waals surface area contributed by atoms with Gasteiger partial charge < -0.3 is 4.74 Å². The molecule has 1 saturated heterocycles. The summed E-state index contributed by atoms with van der Waals surface area (Å²) in [6.07, 6.45) is 2.39. The zero-order valence-corrected chi connectivity index (χ0v) is 14.3. The van der Waals surface area contributed by atoms with E-state index in [9.17, 15) is 0 Å². The molecule has 0 aliphatic carbocycles. The lowest BCUT2D eigenvalue weighted by atomic mass is 10.2. The molecule has 1 aliphatic rings. The summed E-state index contributed by atoms with van der Waals surface area (Å²) in [7, 11) is 0. The fourth-order valence-corrected chi connectivity index (χ4v) is 3.27. The van der Waals surface area contributed by atoms with E-state index in [1.165, 1.54) is 12.8 Å². The van der Waals surface area contributed by atoms with Crippen molar-refractivity contribution in [1.29, 1.82) is 5.26 Å². The molecular weight excluding hydrogens is 302 g/mol. The van der Waals surface area contributed by atoms with Gasteiger partial charge in [-0.1, -0.05) is 6.07 Å². The third-order valence-electron chi connectivity index (χ3n) is 4.46. The molecule has 0 unspecified atom stereocenters. The number of aromatic nitrogens is 3. The van der Waals surface area contributed by atoms with Gasteiger partial charge in [-0.15, -0.1) is 0 Å². The summed E-state index contributed by atoms with van der Waals surface area (Å²) < 4.78 is 7.82. The summed E-state index contributed by atoms with van der Waals surface area (Å²) in [5, 5.41) is 13.4. The lowest BCUT2D eigenvalue weighted by Gasteiger charge is -2.24. The van der Waals surface area contributed by atoms with Gasteiger partial charge in [-0.05, 0) is 51.4 Å². The highest BCUT2D eigenvalue weighted by Crippen LogP contribution is 2.19. The molecular formula is C18H23N5O. The van der Waals surface area contributed by atoms with Gasteiger partial charge in [-0.25, -0.2) is 9.67 Å². The summed E-state index contributed by atoms with van der Waals surface area (Å²) in [5.74, 6) is 2.56. The lowest BCUT2D eigenvalue weighted by molar-refractivity contribution is 0.181. The van der Waals surface area contributed by atoms with Crippen LogP contribution in [0.2, 0.25) is 0 Å². The standard InChI is InChI=1S/C18H23N5O/c1-14-20-15(2)23(21-14)13-17-6-4-8-22(17)9-10-24-18-7-3-5-16(11-18)12-19/h3,5,7,11,17H,4,6,8-10,13H2,1-2H3/t17-/m0/s1. The van der Waals surface area contributed by atoms with Crippen LogP contribution in [0.3, 0.4) is 0 Å². The zero-order chi connectivity index (χ0) is 16.9. The Morgan fingerprint density at radius 1 is 1.38 bits per heavy atom. The molecule has 2 heterocycles. The van der Waals surface area contributed by atoms with Crippen LogP contribution in [0.25, 0.3) is 0 Å². The predicted octanol–water partition coefficient (Wildman–Crippen LogP) is 2.31. The van der Waals surface area contributed by atoms with Crippen LogP contribution >= 0.6 is 0 Å². The van der Waals surface area contributed by atoms with Crippen molar-refractivity contribution in [1.82, 2.24) is 19.7 Å². The number of hydrogen-bond acceptors (Lipinski definition) is 5. The van der Waals surface area contributed by atoms with E-state index in [-0.39, 0.29) is 0 Å².